The highest BCUT2D eigenvalue weighted by Gasteiger charge is 2.20. The first kappa shape index (κ1) is 12.3. The molecule has 6 nitrogen and oxygen atoms in total. The van der Waals surface area contributed by atoms with Gasteiger partial charge in [-0.3, -0.25) is 14.7 Å². The molecular formula is C14H12N4O2. The van der Waals surface area contributed by atoms with Crippen molar-refractivity contribution in [1.29, 1.82) is 0 Å². The zero-order valence-electron chi connectivity index (χ0n) is 10.9. The Morgan fingerprint density at radius 2 is 2.10 bits per heavy atom. The molecule has 0 aliphatic rings. The maximum Gasteiger partial charge on any atom is 0.312 e. The van der Waals surface area contributed by atoms with E-state index in [4.69, 9.17) is 0 Å². The first-order valence-corrected chi connectivity index (χ1v) is 6.27. The normalized spacial score (nSPS) is 10.8. The van der Waals surface area contributed by atoms with Crippen molar-refractivity contribution in [1.82, 2.24) is 14.5 Å². The predicted octanol–water partition coefficient (Wildman–Crippen LogP) is 2.89. The number of para-hydroxylation sites is 1. The summed E-state index contributed by atoms with van der Waals surface area (Å²) >= 11 is 0. The number of benzene rings is 1. The molecule has 0 radical (unpaired) electrons. The van der Waals surface area contributed by atoms with E-state index in [1.807, 2.05) is 31.2 Å². The van der Waals surface area contributed by atoms with Gasteiger partial charge in [-0.25, -0.2) is 9.97 Å². The van der Waals surface area contributed by atoms with Crippen LogP contribution in [0.15, 0.2) is 42.9 Å². The SMILES string of the molecule is CCc1nccn1-c1c([N+](=O)[O-])cnc2ccccc12. The van der Waals surface area contributed by atoms with Crippen molar-refractivity contribution in [2.24, 2.45) is 0 Å². The van der Waals surface area contributed by atoms with E-state index < -0.39 is 4.92 Å². The number of nitro groups is 1. The van der Waals surface area contributed by atoms with Crippen LogP contribution in [0.1, 0.15) is 12.7 Å². The Bertz CT molecular complexity index is 795. The van der Waals surface area contributed by atoms with Crippen LogP contribution in [-0.4, -0.2) is 19.5 Å². The van der Waals surface area contributed by atoms with E-state index in [0.717, 1.165) is 16.7 Å². The average molecular weight is 268 g/mol. The van der Waals surface area contributed by atoms with E-state index >= 15 is 0 Å². The third-order valence-corrected chi connectivity index (χ3v) is 3.20. The van der Waals surface area contributed by atoms with Gasteiger partial charge in [-0.05, 0) is 6.07 Å². The van der Waals surface area contributed by atoms with Gasteiger partial charge in [-0.2, -0.15) is 0 Å². The summed E-state index contributed by atoms with van der Waals surface area (Å²) in [6.45, 7) is 1.97. The number of pyridine rings is 1. The maximum atomic E-state index is 11.3. The van der Waals surface area contributed by atoms with Crippen molar-refractivity contribution in [3.63, 3.8) is 0 Å². The smallest absolute Gasteiger partial charge is 0.297 e. The van der Waals surface area contributed by atoms with E-state index in [0.29, 0.717) is 12.1 Å². The van der Waals surface area contributed by atoms with Gasteiger partial charge in [0.1, 0.15) is 17.7 Å². The van der Waals surface area contributed by atoms with Gasteiger partial charge in [0.2, 0.25) is 0 Å². The molecule has 0 atom stereocenters. The Morgan fingerprint density at radius 3 is 2.85 bits per heavy atom. The van der Waals surface area contributed by atoms with Crippen molar-refractivity contribution < 1.29 is 4.92 Å². The molecule has 6 heteroatoms. The molecule has 2 heterocycles. The Morgan fingerprint density at radius 1 is 1.30 bits per heavy atom. The lowest BCUT2D eigenvalue weighted by Gasteiger charge is -2.10. The number of aromatic nitrogens is 3. The Kier molecular flexibility index (Phi) is 2.90. The maximum absolute atomic E-state index is 11.3. The van der Waals surface area contributed by atoms with Crippen molar-refractivity contribution >= 4 is 16.6 Å². The molecule has 0 amide bonds. The van der Waals surface area contributed by atoms with Gasteiger partial charge in [-0.15, -0.1) is 0 Å². The van der Waals surface area contributed by atoms with Crippen molar-refractivity contribution in [2.45, 2.75) is 13.3 Å². The number of rotatable bonds is 3. The molecule has 1 aromatic carbocycles. The summed E-state index contributed by atoms with van der Waals surface area (Å²) in [5.74, 6) is 0.782. The van der Waals surface area contributed by atoms with Crippen molar-refractivity contribution in [2.75, 3.05) is 0 Å². The van der Waals surface area contributed by atoms with Gasteiger partial charge in [0, 0.05) is 24.2 Å². The monoisotopic (exact) mass is 268 g/mol. The minimum atomic E-state index is -0.409. The Balaban J connectivity index is 2.42. The van der Waals surface area contributed by atoms with E-state index in [1.54, 1.807) is 17.0 Å². The zero-order chi connectivity index (χ0) is 14.1. The quantitative estimate of drug-likeness (QED) is 0.540. The van der Waals surface area contributed by atoms with Gasteiger partial charge in [-0.1, -0.05) is 25.1 Å². The summed E-state index contributed by atoms with van der Waals surface area (Å²) in [7, 11) is 0. The van der Waals surface area contributed by atoms with Crippen LogP contribution in [-0.2, 0) is 6.42 Å². The van der Waals surface area contributed by atoms with Crippen LogP contribution in [0.4, 0.5) is 5.69 Å². The zero-order valence-corrected chi connectivity index (χ0v) is 10.9. The lowest BCUT2D eigenvalue weighted by Crippen LogP contribution is -2.05. The molecular weight excluding hydrogens is 256 g/mol. The van der Waals surface area contributed by atoms with Crippen LogP contribution in [0, 0.1) is 10.1 Å². The van der Waals surface area contributed by atoms with Crippen LogP contribution in [0.2, 0.25) is 0 Å². The first-order valence-electron chi connectivity index (χ1n) is 6.27. The molecule has 3 aromatic rings. The molecule has 0 N–H and O–H groups in total. The molecule has 3 rings (SSSR count). The Labute approximate surface area is 114 Å². The molecule has 0 fully saturated rings. The molecule has 0 aliphatic carbocycles. The van der Waals surface area contributed by atoms with Gasteiger partial charge in [0.05, 0.1) is 10.4 Å². The van der Waals surface area contributed by atoms with E-state index in [-0.39, 0.29) is 5.69 Å². The van der Waals surface area contributed by atoms with Gasteiger partial charge in [0.15, 0.2) is 0 Å². The summed E-state index contributed by atoms with van der Waals surface area (Å²) in [4.78, 5) is 19.3. The summed E-state index contributed by atoms with van der Waals surface area (Å²) in [5, 5.41) is 12.0. The van der Waals surface area contributed by atoms with Crippen LogP contribution in [0.25, 0.3) is 16.6 Å². The highest BCUT2D eigenvalue weighted by atomic mass is 16.6. The standard InChI is InChI=1S/C14H12N4O2/c1-2-13-15-7-8-17(13)14-10-5-3-4-6-11(10)16-9-12(14)18(19)20/h3-9H,2H2,1H3. The fourth-order valence-electron chi connectivity index (χ4n) is 2.30. The second kappa shape index (κ2) is 4.73. The summed E-state index contributed by atoms with van der Waals surface area (Å²) in [6.07, 6.45) is 5.39. The molecule has 0 saturated carbocycles. The third-order valence-electron chi connectivity index (χ3n) is 3.20. The number of nitrogens with zero attached hydrogens (tertiary/aromatic N) is 4. The minimum absolute atomic E-state index is 0.0172. The average Bonchev–Trinajstić information content (AvgIpc) is 2.93. The van der Waals surface area contributed by atoms with Crippen LogP contribution in [0.3, 0.4) is 0 Å². The number of hydrogen-bond acceptors (Lipinski definition) is 4. The van der Waals surface area contributed by atoms with Crippen LogP contribution in [0.5, 0.6) is 0 Å². The number of aryl methyl sites for hydroxylation is 1. The molecule has 20 heavy (non-hydrogen) atoms. The fraction of sp³-hybridized carbons (Fsp3) is 0.143. The second-order valence-electron chi connectivity index (χ2n) is 4.33. The summed E-state index contributed by atoms with van der Waals surface area (Å²) in [5.41, 5.74) is 1.23. The summed E-state index contributed by atoms with van der Waals surface area (Å²) in [6, 6.07) is 7.38. The summed E-state index contributed by atoms with van der Waals surface area (Å²) < 4.78 is 1.77. The van der Waals surface area contributed by atoms with Crippen molar-refractivity contribution in [3.8, 4) is 5.69 Å². The molecule has 0 aliphatic heterocycles. The largest absolute Gasteiger partial charge is 0.312 e. The Hall–Kier alpha value is -2.76. The van der Waals surface area contributed by atoms with E-state index in [1.165, 1.54) is 6.20 Å². The number of hydrogen-bond donors (Lipinski definition) is 0. The van der Waals surface area contributed by atoms with E-state index in [9.17, 15) is 10.1 Å². The lowest BCUT2D eigenvalue weighted by atomic mass is 10.1. The number of fused-ring (bicyclic) bond motifs is 1. The highest BCUT2D eigenvalue weighted by Crippen LogP contribution is 2.30. The minimum Gasteiger partial charge on any atom is -0.297 e. The molecule has 0 spiro atoms. The van der Waals surface area contributed by atoms with Gasteiger partial charge in [0.25, 0.3) is 0 Å². The fourth-order valence-corrected chi connectivity index (χ4v) is 2.30. The first-order chi connectivity index (χ1) is 9.72. The molecule has 2 aromatic heterocycles. The molecule has 0 unspecified atom stereocenters. The molecule has 100 valence electrons. The van der Waals surface area contributed by atoms with E-state index in [2.05, 4.69) is 9.97 Å². The van der Waals surface area contributed by atoms with Crippen molar-refractivity contribution in [3.05, 3.63) is 58.8 Å². The molecule has 0 bridgehead atoms. The highest BCUT2D eigenvalue weighted by molar-refractivity contribution is 5.91. The van der Waals surface area contributed by atoms with Crippen LogP contribution >= 0.6 is 0 Å². The number of imidazole rings is 1. The predicted molar refractivity (Wildman–Crippen MR) is 74.9 cm³/mol. The molecule has 0 saturated heterocycles. The van der Waals surface area contributed by atoms with Crippen LogP contribution < -0.4 is 0 Å². The second-order valence-corrected chi connectivity index (χ2v) is 4.33. The lowest BCUT2D eigenvalue weighted by molar-refractivity contribution is -0.384. The topological polar surface area (TPSA) is 73.8 Å². The third kappa shape index (κ3) is 1.82. The van der Waals surface area contributed by atoms with Gasteiger partial charge < -0.3 is 0 Å². The van der Waals surface area contributed by atoms with Gasteiger partial charge >= 0.3 is 5.69 Å².